The number of pyridine rings is 1. The third-order valence-electron chi connectivity index (χ3n) is 2.72. The van der Waals surface area contributed by atoms with Crippen molar-refractivity contribution in [2.45, 2.75) is 12.8 Å². The van der Waals surface area contributed by atoms with E-state index in [0.717, 1.165) is 28.1 Å². The van der Waals surface area contributed by atoms with E-state index in [1.807, 2.05) is 43.3 Å². The summed E-state index contributed by atoms with van der Waals surface area (Å²) in [5.41, 5.74) is 3.74. The van der Waals surface area contributed by atoms with Crippen molar-refractivity contribution >= 4 is 22.6 Å². The van der Waals surface area contributed by atoms with Gasteiger partial charge in [0.15, 0.2) is 5.82 Å². The van der Waals surface area contributed by atoms with Crippen molar-refractivity contribution in [3.05, 3.63) is 47.7 Å². The molecule has 5 heteroatoms. The lowest BCUT2D eigenvalue weighted by atomic mass is 10.2. The molecule has 4 nitrogen and oxygen atoms in total. The van der Waals surface area contributed by atoms with Gasteiger partial charge in [0.2, 0.25) is 0 Å². The van der Waals surface area contributed by atoms with Gasteiger partial charge in [-0.25, -0.2) is 4.98 Å². The van der Waals surface area contributed by atoms with E-state index in [1.165, 1.54) is 0 Å². The minimum atomic E-state index is 0.461. The van der Waals surface area contributed by atoms with Gasteiger partial charge in [-0.3, -0.25) is 0 Å². The second-order valence-electron chi connectivity index (χ2n) is 4.10. The first-order valence-corrected chi connectivity index (χ1v) is 6.16. The van der Waals surface area contributed by atoms with Crippen molar-refractivity contribution in [1.82, 2.24) is 20.0 Å². The van der Waals surface area contributed by atoms with Gasteiger partial charge in [0.1, 0.15) is 5.52 Å². The molecular formula is C13H11ClN4. The molecule has 3 rings (SSSR count). The molecule has 0 N–H and O–H groups in total. The summed E-state index contributed by atoms with van der Waals surface area (Å²) in [6.45, 7) is 1.94. The summed E-state index contributed by atoms with van der Waals surface area (Å²) in [5, 5.41) is 8.26. The highest BCUT2D eigenvalue weighted by Gasteiger charge is 2.08. The summed E-state index contributed by atoms with van der Waals surface area (Å²) in [6.07, 6.45) is 0. The normalized spacial score (nSPS) is 11.0. The van der Waals surface area contributed by atoms with Gasteiger partial charge >= 0.3 is 0 Å². The van der Waals surface area contributed by atoms with E-state index in [9.17, 15) is 0 Å². The molecule has 2 aromatic heterocycles. The van der Waals surface area contributed by atoms with Crippen LogP contribution in [-0.4, -0.2) is 20.0 Å². The van der Waals surface area contributed by atoms with Crippen LogP contribution in [0, 0.1) is 6.92 Å². The van der Waals surface area contributed by atoms with E-state index >= 15 is 0 Å². The first kappa shape index (κ1) is 11.2. The quantitative estimate of drug-likeness (QED) is 0.664. The zero-order valence-corrected chi connectivity index (χ0v) is 10.6. The van der Waals surface area contributed by atoms with Crippen molar-refractivity contribution in [3.63, 3.8) is 0 Å². The van der Waals surface area contributed by atoms with E-state index in [1.54, 1.807) is 4.68 Å². The molecule has 0 saturated carbocycles. The van der Waals surface area contributed by atoms with Gasteiger partial charge in [0, 0.05) is 11.6 Å². The molecule has 0 spiro atoms. The Morgan fingerprint density at radius 3 is 2.89 bits per heavy atom. The van der Waals surface area contributed by atoms with Crippen LogP contribution < -0.4 is 0 Å². The molecule has 0 aliphatic heterocycles. The first-order chi connectivity index (χ1) is 8.78. The van der Waals surface area contributed by atoms with Gasteiger partial charge in [-0.1, -0.05) is 17.3 Å². The van der Waals surface area contributed by atoms with E-state index in [-0.39, 0.29) is 0 Å². The number of fused-ring (bicyclic) bond motifs is 1. The summed E-state index contributed by atoms with van der Waals surface area (Å²) in [7, 11) is 0. The van der Waals surface area contributed by atoms with Crippen molar-refractivity contribution in [1.29, 1.82) is 0 Å². The first-order valence-electron chi connectivity index (χ1n) is 5.62. The number of hydrogen-bond acceptors (Lipinski definition) is 3. The molecular weight excluding hydrogens is 248 g/mol. The summed E-state index contributed by atoms with van der Waals surface area (Å²) >= 11 is 5.88. The molecule has 0 bridgehead atoms. The van der Waals surface area contributed by atoms with Gasteiger partial charge in [-0.05, 0) is 36.8 Å². The van der Waals surface area contributed by atoms with Crippen LogP contribution in [0.1, 0.15) is 11.3 Å². The Kier molecular flexibility index (Phi) is 2.72. The van der Waals surface area contributed by atoms with Gasteiger partial charge in [0.05, 0.1) is 5.52 Å². The molecule has 2 heterocycles. The molecule has 1 aromatic carbocycles. The van der Waals surface area contributed by atoms with Gasteiger partial charge in [-0.15, -0.1) is 16.7 Å². The number of benzene rings is 1. The monoisotopic (exact) mass is 258 g/mol. The second-order valence-corrected chi connectivity index (χ2v) is 4.37. The third-order valence-corrected chi connectivity index (χ3v) is 3.03. The largest absolute Gasteiger partial charge is 0.234 e. The zero-order valence-electron chi connectivity index (χ0n) is 9.84. The topological polar surface area (TPSA) is 43.6 Å². The predicted molar refractivity (Wildman–Crippen MR) is 71.0 cm³/mol. The van der Waals surface area contributed by atoms with Gasteiger partial charge in [0.25, 0.3) is 0 Å². The predicted octanol–water partition coefficient (Wildman–Crippen LogP) is 2.86. The Morgan fingerprint density at radius 1 is 1.22 bits per heavy atom. The maximum Gasteiger partial charge on any atom is 0.156 e. The average Bonchev–Trinajstić information content (AvgIpc) is 2.81. The van der Waals surface area contributed by atoms with Crippen molar-refractivity contribution in [2.75, 3.05) is 0 Å². The van der Waals surface area contributed by atoms with Crippen LogP contribution in [0.2, 0.25) is 0 Å². The minimum absolute atomic E-state index is 0.461. The fraction of sp³-hybridized carbons (Fsp3) is 0.154. The smallest absolute Gasteiger partial charge is 0.156 e. The van der Waals surface area contributed by atoms with Crippen molar-refractivity contribution in [3.8, 4) is 5.82 Å². The van der Waals surface area contributed by atoms with E-state index in [4.69, 9.17) is 11.6 Å². The van der Waals surface area contributed by atoms with Crippen LogP contribution in [0.25, 0.3) is 16.9 Å². The number of aromatic nitrogens is 4. The molecule has 0 saturated heterocycles. The number of nitrogens with zero attached hydrogens (tertiary/aromatic N) is 4. The van der Waals surface area contributed by atoms with Gasteiger partial charge in [-0.2, -0.15) is 4.68 Å². The Hall–Kier alpha value is -1.94. The molecule has 18 heavy (non-hydrogen) atoms. The summed E-state index contributed by atoms with van der Waals surface area (Å²) in [5.74, 6) is 1.21. The molecule has 90 valence electrons. The van der Waals surface area contributed by atoms with Crippen LogP contribution in [0.15, 0.2) is 36.4 Å². The fourth-order valence-corrected chi connectivity index (χ4v) is 2.10. The summed E-state index contributed by atoms with van der Waals surface area (Å²) < 4.78 is 1.73. The van der Waals surface area contributed by atoms with Gasteiger partial charge < -0.3 is 0 Å². The van der Waals surface area contributed by atoms with Crippen LogP contribution >= 0.6 is 11.6 Å². The average molecular weight is 259 g/mol. The second kappa shape index (κ2) is 4.38. The van der Waals surface area contributed by atoms with Crippen molar-refractivity contribution < 1.29 is 0 Å². The zero-order chi connectivity index (χ0) is 12.5. The Balaban J connectivity index is 2.22. The lowest BCUT2D eigenvalue weighted by molar-refractivity contribution is 0.796. The molecule has 0 unspecified atom stereocenters. The highest BCUT2D eigenvalue weighted by atomic mass is 35.5. The maximum atomic E-state index is 5.88. The van der Waals surface area contributed by atoms with Crippen LogP contribution in [0.4, 0.5) is 0 Å². The lowest BCUT2D eigenvalue weighted by Crippen LogP contribution is -2.02. The Labute approximate surface area is 109 Å². The third kappa shape index (κ3) is 1.84. The van der Waals surface area contributed by atoms with E-state index in [2.05, 4.69) is 15.3 Å². The lowest BCUT2D eigenvalue weighted by Gasteiger charge is -2.05. The molecule has 0 radical (unpaired) electrons. The minimum Gasteiger partial charge on any atom is -0.234 e. The summed E-state index contributed by atoms with van der Waals surface area (Å²) in [4.78, 5) is 4.48. The Bertz CT molecular complexity index is 705. The maximum absolute atomic E-state index is 5.88. The fourth-order valence-electron chi connectivity index (χ4n) is 1.94. The van der Waals surface area contributed by atoms with E-state index < -0.39 is 0 Å². The number of aryl methyl sites for hydroxylation is 1. The molecule has 0 atom stereocenters. The molecule has 3 aromatic rings. The molecule has 0 aliphatic carbocycles. The standard InChI is InChI=1S/C13H11ClN4/c1-9-6-10(8-14)7-13(15-9)18-12-5-3-2-4-11(12)16-17-18/h2-7H,8H2,1H3. The molecule has 0 amide bonds. The van der Waals surface area contributed by atoms with Crippen LogP contribution in [0.5, 0.6) is 0 Å². The highest BCUT2D eigenvalue weighted by Crippen LogP contribution is 2.16. The molecule has 0 fully saturated rings. The Morgan fingerprint density at radius 2 is 2.06 bits per heavy atom. The number of para-hydroxylation sites is 1. The SMILES string of the molecule is Cc1cc(CCl)cc(-n2nnc3ccccc32)n1. The van der Waals surface area contributed by atoms with E-state index in [0.29, 0.717) is 5.88 Å². The highest BCUT2D eigenvalue weighted by molar-refractivity contribution is 6.17. The summed E-state index contributed by atoms with van der Waals surface area (Å²) in [6, 6.07) is 11.7. The molecule has 0 aliphatic rings. The van der Waals surface area contributed by atoms with Crippen LogP contribution in [-0.2, 0) is 5.88 Å². The number of hydrogen-bond donors (Lipinski definition) is 0. The number of rotatable bonds is 2. The van der Waals surface area contributed by atoms with Crippen molar-refractivity contribution in [2.24, 2.45) is 0 Å². The van der Waals surface area contributed by atoms with Crippen LogP contribution in [0.3, 0.4) is 0 Å². The number of alkyl halides is 1. The number of halogens is 1.